The molecule has 0 radical (unpaired) electrons. The van der Waals surface area contributed by atoms with Crippen molar-refractivity contribution in [2.75, 3.05) is 0 Å². The molecule has 0 aromatic rings. The Morgan fingerprint density at radius 1 is 1.03 bits per heavy atom. The van der Waals surface area contributed by atoms with Gasteiger partial charge in [0.2, 0.25) is 0 Å². The molecule has 3 fully saturated rings. The van der Waals surface area contributed by atoms with Gasteiger partial charge in [0.1, 0.15) is 0 Å². The Morgan fingerprint density at radius 2 is 1.73 bits per heavy atom. The van der Waals surface area contributed by atoms with E-state index in [1.807, 2.05) is 5.57 Å². The van der Waals surface area contributed by atoms with E-state index in [0.717, 1.165) is 35.5 Å². The number of aliphatic carboxylic acids is 1. The monoisotopic (exact) mass is 460 g/mol. The number of carboxylic acids is 1. The van der Waals surface area contributed by atoms with Gasteiger partial charge in [0.25, 0.3) is 0 Å². The molecule has 7 atom stereocenters. The maximum atomic E-state index is 9.70. The quantitative estimate of drug-likeness (QED) is 0.401. The van der Waals surface area contributed by atoms with Crippen molar-refractivity contribution in [3.63, 3.8) is 0 Å². The summed E-state index contributed by atoms with van der Waals surface area (Å²) in [6.45, 7) is 16.0. The van der Waals surface area contributed by atoms with Crippen LogP contribution in [0.25, 0.3) is 0 Å². The second kappa shape index (κ2) is 10.9. The number of rotatable bonds is 6. The van der Waals surface area contributed by atoms with E-state index in [9.17, 15) is 4.79 Å². The van der Waals surface area contributed by atoms with Crippen LogP contribution in [0, 0.1) is 52.3 Å². The van der Waals surface area contributed by atoms with Crippen molar-refractivity contribution in [3.05, 3.63) is 11.6 Å². The molecule has 2 nitrogen and oxygen atoms in total. The third-order valence-corrected chi connectivity index (χ3v) is 10.7. The number of hydrogen-bond acceptors (Lipinski definition) is 1. The van der Waals surface area contributed by atoms with E-state index in [1.54, 1.807) is 13.8 Å². The normalized spacial score (nSPS) is 38.5. The molecule has 0 saturated heterocycles. The van der Waals surface area contributed by atoms with Crippen molar-refractivity contribution >= 4 is 5.97 Å². The van der Waals surface area contributed by atoms with Crippen LogP contribution in [0.5, 0.6) is 0 Å². The van der Waals surface area contributed by atoms with Gasteiger partial charge in [0, 0.05) is 1.43 Å². The highest BCUT2D eigenvalue weighted by Crippen LogP contribution is 2.67. The second-order valence-corrected chi connectivity index (χ2v) is 13.5. The van der Waals surface area contributed by atoms with Gasteiger partial charge in [-0.25, -0.2) is 0 Å². The van der Waals surface area contributed by atoms with Crippen LogP contribution in [0.1, 0.15) is 127 Å². The van der Waals surface area contributed by atoms with Crippen LogP contribution in [0.15, 0.2) is 11.6 Å². The maximum absolute atomic E-state index is 9.70. The van der Waals surface area contributed by atoms with Gasteiger partial charge in [-0.05, 0) is 97.7 Å². The molecule has 0 amide bonds. The Bertz CT molecular complexity index is 698. The van der Waals surface area contributed by atoms with Crippen molar-refractivity contribution in [3.8, 4) is 0 Å². The molecule has 1 unspecified atom stereocenters. The zero-order valence-electron chi connectivity index (χ0n) is 23.0. The molecule has 0 spiro atoms. The van der Waals surface area contributed by atoms with Gasteiger partial charge in [-0.1, -0.05) is 85.8 Å². The first-order chi connectivity index (χ1) is 15.5. The molecule has 0 bridgehead atoms. The third kappa shape index (κ3) is 5.56. The summed E-state index contributed by atoms with van der Waals surface area (Å²) < 4.78 is 0. The van der Waals surface area contributed by atoms with E-state index in [0.29, 0.717) is 10.8 Å². The van der Waals surface area contributed by atoms with Crippen LogP contribution in [0.3, 0.4) is 0 Å². The Morgan fingerprint density at radius 3 is 2.36 bits per heavy atom. The topological polar surface area (TPSA) is 37.3 Å². The summed E-state index contributed by atoms with van der Waals surface area (Å²) in [5.74, 6) is 4.87. The summed E-state index contributed by atoms with van der Waals surface area (Å²) in [5.41, 5.74) is 3.09. The fourth-order valence-electron chi connectivity index (χ4n) is 8.72. The fourth-order valence-corrected chi connectivity index (χ4v) is 8.72. The molecule has 0 aromatic heterocycles. The van der Waals surface area contributed by atoms with Gasteiger partial charge in [0.05, 0.1) is 5.92 Å². The first-order valence-corrected chi connectivity index (χ1v) is 14.4. The highest BCUT2D eigenvalue weighted by atomic mass is 16.4. The summed E-state index contributed by atoms with van der Waals surface area (Å²) in [6, 6.07) is 0. The number of carboxylic acid groups (broad SMARTS) is 1. The number of carbonyl (C=O) groups is 1. The number of fused-ring (bicyclic) bond motifs is 5. The standard InChI is InChI=1S/C27H46.C4H8O2.H2/c1-19(2)9-8-10-20(3)23-14-15-24-22-13-12-21-11-6-7-17-26(21,4)25(22)16-18-27(23,24)5;1-3(2)4(5)6;/h12,19-20,22-25H,6-11,13-18H2,1-5H3;3H,1-2H3,(H,5,6);1H/t20-,22?,23-,24+,25+,26+,27-;;/m1../s1. The summed E-state index contributed by atoms with van der Waals surface area (Å²) in [5, 5.41) is 7.99. The van der Waals surface area contributed by atoms with Crippen LogP contribution in [0.2, 0.25) is 0 Å². The van der Waals surface area contributed by atoms with Crippen LogP contribution >= 0.6 is 0 Å². The van der Waals surface area contributed by atoms with E-state index in [2.05, 4.69) is 40.7 Å². The number of allylic oxidation sites excluding steroid dienone is 2. The van der Waals surface area contributed by atoms with E-state index in [4.69, 9.17) is 5.11 Å². The zero-order valence-corrected chi connectivity index (χ0v) is 23.0. The molecular formula is C31H56O2. The lowest BCUT2D eigenvalue weighted by Crippen LogP contribution is -2.50. The zero-order chi connectivity index (χ0) is 24.4. The van der Waals surface area contributed by atoms with Crippen molar-refractivity contribution in [1.29, 1.82) is 0 Å². The smallest absolute Gasteiger partial charge is 0.305 e. The largest absolute Gasteiger partial charge is 0.481 e. The highest BCUT2D eigenvalue weighted by Gasteiger charge is 2.58. The van der Waals surface area contributed by atoms with E-state index < -0.39 is 5.97 Å². The predicted octanol–water partition coefficient (Wildman–Crippen LogP) is 9.39. The molecule has 0 aliphatic heterocycles. The maximum Gasteiger partial charge on any atom is 0.305 e. The molecule has 3 saturated carbocycles. The van der Waals surface area contributed by atoms with Crippen LogP contribution < -0.4 is 0 Å². The Kier molecular flexibility index (Phi) is 8.82. The Labute approximate surface area is 206 Å². The molecule has 0 heterocycles. The van der Waals surface area contributed by atoms with Crippen molar-refractivity contribution in [2.45, 2.75) is 126 Å². The lowest BCUT2D eigenvalue weighted by atomic mass is 9.47. The lowest BCUT2D eigenvalue weighted by molar-refractivity contribution is -0.140. The van der Waals surface area contributed by atoms with Crippen molar-refractivity contribution < 1.29 is 11.3 Å². The summed E-state index contributed by atoms with van der Waals surface area (Å²) in [6.07, 6.45) is 20.5. The van der Waals surface area contributed by atoms with Gasteiger partial charge < -0.3 is 5.11 Å². The number of hydrogen-bond donors (Lipinski definition) is 1. The second-order valence-electron chi connectivity index (χ2n) is 13.5. The fraction of sp³-hybridized carbons (Fsp3) is 0.903. The van der Waals surface area contributed by atoms with E-state index >= 15 is 0 Å². The minimum atomic E-state index is -0.741. The first-order valence-electron chi connectivity index (χ1n) is 14.4. The first kappa shape index (κ1) is 26.8. The molecule has 1 N–H and O–H groups in total. The van der Waals surface area contributed by atoms with Gasteiger partial charge in [0.15, 0.2) is 0 Å². The van der Waals surface area contributed by atoms with Gasteiger partial charge in [-0.15, -0.1) is 0 Å². The van der Waals surface area contributed by atoms with E-state index in [1.165, 1.54) is 77.0 Å². The molecule has 4 aliphatic rings. The van der Waals surface area contributed by atoms with Gasteiger partial charge in [-0.3, -0.25) is 4.79 Å². The summed E-state index contributed by atoms with van der Waals surface area (Å²) in [7, 11) is 0. The molecule has 33 heavy (non-hydrogen) atoms. The van der Waals surface area contributed by atoms with Crippen LogP contribution in [-0.2, 0) is 4.79 Å². The third-order valence-electron chi connectivity index (χ3n) is 10.7. The SMILES string of the molecule is CC(C)C(=O)O.CC(C)CCC[C@@H](C)[C@H]1CC[C@H]2C3CC=C4CCCC[C@]4(C)[C@H]3CC[C@]12C.[HH]. The van der Waals surface area contributed by atoms with Crippen molar-refractivity contribution in [1.82, 2.24) is 0 Å². The molecule has 4 rings (SSSR count). The van der Waals surface area contributed by atoms with Crippen LogP contribution in [-0.4, -0.2) is 11.1 Å². The van der Waals surface area contributed by atoms with E-state index in [-0.39, 0.29) is 7.34 Å². The molecular weight excluding hydrogens is 404 g/mol. The average molecular weight is 461 g/mol. The summed E-state index contributed by atoms with van der Waals surface area (Å²) >= 11 is 0. The minimum absolute atomic E-state index is 0. The minimum Gasteiger partial charge on any atom is -0.481 e. The van der Waals surface area contributed by atoms with Crippen molar-refractivity contribution in [2.24, 2.45) is 52.3 Å². The average Bonchev–Trinajstić information content (AvgIpc) is 3.10. The lowest BCUT2D eigenvalue weighted by Gasteiger charge is -2.58. The summed E-state index contributed by atoms with van der Waals surface area (Å²) in [4.78, 5) is 9.70. The predicted molar refractivity (Wildman–Crippen MR) is 142 cm³/mol. The van der Waals surface area contributed by atoms with Gasteiger partial charge in [-0.2, -0.15) is 0 Å². The molecule has 0 aromatic carbocycles. The molecule has 192 valence electrons. The highest BCUT2D eigenvalue weighted by molar-refractivity contribution is 5.68. The molecule has 2 heteroatoms. The van der Waals surface area contributed by atoms with Gasteiger partial charge >= 0.3 is 5.97 Å². The van der Waals surface area contributed by atoms with Crippen LogP contribution in [0.4, 0.5) is 0 Å². The Balaban J connectivity index is 0.000000521. The molecule has 4 aliphatic carbocycles. The Hall–Kier alpha value is -0.790.